The van der Waals surface area contributed by atoms with Crippen molar-refractivity contribution in [3.05, 3.63) is 29.6 Å². The van der Waals surface area contributed by atoms with Crippen LogP contribution in [0.25, 0.3) is 0 Å². The molecule has 0 aliphatic carbocycles. The number of esters is 1. The van der Waals surface area contributed by atoms with Crippen LogP contribution in [0.1, 0.15) is 10.4 Å². The van der Waals surface area contributed by atoms with Crippen molar-refractivity contribution in [2.45, 2.75) is 0 Å². The molecule has 0 heterocycles. The fourth-order valence-electron chi connectivity index (χ4n) is 1.47. The van der Waals surface area contributed by atoms with Crippen molar-refractivity contribution in [3.8, 4) is 0 Å². The first-order valence-corrected chi connectivity index (χ1v) is 5.96. The van der Waals surface area contributed by atoms with E-state index in [1.54, 1.807) is 7.11 Å². The van der Waals surface area contributed by atoms with Crippen molar-refractivity contribution in [2.24, 2.45) is 0 Å². The van der Waals surface area contributed by atoms with Gasteiger partial charge in [0.2, 0.25) is 5.91 Å². The predicted octanol–water partition coefficient (Wildman–Crippen LogP) is 0.787. The van der Waals surface area contributed by atoms with Crippen molar-refractivity contribution >= 4 is 17.6 Å². The fourth-order valence-corrected chi connectivity index (χ4v) is 1.47. The van der Waals surface area contributed by atoms with E-state index in [0.717, 1.165) is 12.1 Å². The molecule has 2 N–H and O–H groups in total. The molecule has 6 nitrogen and oxygen atoms in total. The third-order valence-corrected chi connectivity index (χ3v) is 2.43. The monoisotopic (exact) mass is 284 g/mol. The molecule has 0 saturated heterocycles. The smallest absolute Gasteiger partial charge is 0.340 e. The fraction of sp³-hybridized carbons (Fsp3) is 0.385. The Hall–Kier alpha value is -1.99. The Morgan fingerprint density at radius 1 is 1.30 bits per heavy atom. The van der Waals surface area contributed by atoms with Gasteiger partial charge in [-0.3, -0.25) is 4.79 Å². The summed E-state index contributed by atoms with van der Waals surface area (Å²) < 4.78 is 22.5. The molecule has 0 unspecified atom stereocenters. The third-order valence-electron chi connectivity index (χ3n) is 2.43. The molecule has 1 rings (SSSR count). The molecule has 1 aromatic rings. The van der Waals surface area contributed by atoms with Crippen LogP contribution in [0.5, 0.6) is 0 Å². The maximum absolute atomic E-state index is 13.1. The van der Waals surface area contributed by atoms with Crippen LogP contribution in [0.2, 0.25) is 0 Å². The van der Waals surface area contributed by atoms with Crippen molar-refractivity contribution in [3.63, 3.8) is 0 Å². The van der Waals surface area contributed by atoms with Crippen molar-refractivity contribution in [2.75, 3.05) is 39.2 Å². The van der Waals surface area contributed by atoms with E-state index in [2.05, 4.69) is 15.4 Å². The van der Waals surface area contributed by atoms with E-state index in [1.165, 1.54) is 13.2 Å². The molecule has 0 bridgehead atoms. The van der Waals surface area contributed by atoms with Crippen LogP contribution >= 0.6 is 0 Å². The van der Waals surface area contributed by atoms with Gasteiger partial charge in [-0.15, -0.1) is 0 Å². The molecule has 1 aromatic carbocycles. The van der Waals surface area contributed by atoms with Crippen molar-refractivity contribution in [1.82, 2.24) is 5.32 Å². The molecular weight excluding hydrogens is 267 g/mol. The minimum Gasteiger partial charge on any atom is -0.465 e. The number of carbonyl (C=O) groups is 2. The summed E-state index contributed by atoms with van der Waals surface area (Å²) in [6.45, 7) is 1.07. The summed E-state index contributed by atoms with van der Waals surface area (Å²) in [5.41, 5.74) is 0.175. The highest BCUT2D eigenvalue weighted by Crippen LogP contribution is 2.17. The minimum atomic E-state index is -0.716. The number of rotatable bonds is 7. The summed E-state index contributed by atoms with van der Waals surface area (Å²) >= 11 is 0. The molecule has 0 aliphatic rings. The van der Waals surface area contributed by atoms with Gasteiger partial charge in [-0.25, -0.2) is 9.18 Å². The summed E-state index contributed by atoms with van der Waals surface area (Å²) in [6.07, 6.45) is 0. The summed E-state index contributed by atoms with van der Waals surface area (Å²) in [5, 5.41) is 5.37. The standard InChI is InChI=1S/C13H17FN2O4/c1-19-6-5-15-8-12(17)16-11-4-3-9(14)7-10(11)13(18)20-2/h3-4,7,15H,5-6,8H2,1-2H3,(H,16,17). The number of halogens is 1. The van der Waals surface area contributed by atoms with Crippen LogP contribution in [-0.2, 0) is 14.3 Å². The van der Waals surface area contributed by atoms with Gasteiger partial charge in [0.1, 0.15) is 5.82 Å². The largest absolute Gasteiger partial charge is 0.465 e. The molecule has 0 aliphatic heterocycles. The van der Waals surface area contributed by atoms with Crippen molar-refractivity contribution < 1.29 is 23.5 Å². The molecular formula is C13H17FN2O4. The number of hydrogen-bond acceptors (Lipinski definition) is 5. The van der Waals surface area contributed by atoms with E-state index in [-0.39, 0.29) is 23.7 Å². The van der Waals surface area contributed by atoms with E-state index in [0.29, 0.717) is 13.2 Å². The van der Waals surface area contributed by atoms with E-state index in [1.807, 2.05) is 0 Å². The zero-order chi connectivity index (χ0) is 15.0. The quantitative estimate of drug-likeness (QED) is 0.572. The second-order valence-corrected chi connectivity index (χ2v) is 3.90. The molecule has 0 fully saturated rings. The molecule has 20 heavy (non-hydrogen) atoms. The van der Waals surface area contributed by atoms with Gasteiger partial charge in [-0.05, 0) is 18.2 Å². The van der Waals surface area contributed by atoms with Gasteiger partial charge in [0.25, 0.3) is 0 Å². The van der Waals surface area contributed by atoms with Gasteiger partial charge in [-0.1, -0.05) is 0 Å². The van der Waals surface area contributed by atoms with Crippen LogP contribution in [0.4, 0.5) is 10.1 Å². The first kappa shape index (κ1) is 16.1. The highest BCUT2D eigenvalue weighted by atomic mass is 19.1. The van der Waals surface area contributed by atoms with Crippen LogP contribution in [0.15, 0.2) is 18.2 Å². The minimum absolute atomic E-state index is 0.0299. The van der Waals surface area contributed by atoms with Gasteiger partial charge < -0.3 is 20.1 Å². The Morgan fingerprint density at radius 2 is 2.05 bits per heavy atom. The predicted molar refractivity (Wildman–Crippen MR) is 71.1 cm³/mol. The molecule has 110 valence electrons. The molecule has 0 saturated carbocycles. The second kappa shape index (κ2) is 8.23. The molecule has 1 amide bonds. The number of amides is 1. The molecule has 0 radical (unpaired) electrons. The van der Waals surface area contributed by atoms with Crippen LogP contribution < -0.4 is 10.6 Å². The maximum atomic E-state index is 13.1. The highest BCUT2D eigenvalue weighted by Gasteiger charge is 2.14. The Kier molecular flexibility index (Phi) is 6.61. The molecule has 0 aromatic heterocycles. The molecule has 0 atom stereocenters. The molecule has 7 heteroatoms. The summed E-state index contributed by atoms with van der Waals surface area (Å²) in [5.74, 6) is -1.65. The van der Waals surface area contributed by atoms with Crippen molar-refractivity contribution in [1.29, 1.82) is 0 Å². The number of methoxy groups -OCH3 is 2. The lowest BCUT2D eigenvalue weighted by Gasteiger charge is -2.10. The number of carbonyl (C=O) groups excluding carboxylic acids is 2. The lowest BCUT2D eigenvalue weighted by molar-refractivity contribution is -0.115. The second-order valence-electron chi connectivity index (χ2n) is 3.90. The van der Waals surface area contributed by atoms with Gasteiger partial charge >= 0.3 is 5.97 Å². The SMILES string of the molecule is COCCNCC(=O)Nc1ccc(F)cc1C(=O)OC. The summed E-state index contributed by atoms with van der Waals surface area (Å²) in [7, 11) is 2.74. The average molecular weight is 284 g/mol. The van der Waals surface area contributed by atoms with Gasteiger partial charge in [0, 0.05) is 13.7 Å². The third kappa shape index (κ3) is 4.94. The Bertz CT molecular complexity index is 479. The highest BCUT2D eigenvalue weighted by molar-refractivity contribution is 6.01. The first-order chi connectivity index (χ1) is 9.58. The van der Waals surface area contributed by atoms with Gasteiger partial charge in [-0.2, -0.15) is 0 Å². The summed E-state index contributed by atoms with van der Waals surface area (Å²) in [4.78, 5) is 23.2. The maximum Gasteiger partial charge on any atom is 0.340 e. The topological polar surface area (TPSA) is 76.7 Å². The number of ether oxygens (including phenoxy) is 2. The van der Waals surface area contributed by atoms with E-state index >= 15 is 0 Å². The Morgan fingerprint density at radius 3 is 2.70 bits per heavy atom. The lowest BCUT2D eigenvalue weighted by atomic mass is 10.1. The van der Waals surface area contributed by atoms with E-state index in [9.17, 15) is 14.0 Å². The van der Waals surface area contributed by atoms with E-state index < -0.39 is 11.8 Å². The zero-order valence-electron chi connectivity index (χ0n) is 11.4. The zero-order valence-corrected chi connectivity index (χ0v) is 11.4. The van der Waals surface area contributed by atoms with Crippen LogP contribution in [0.3, 0.4) is 0 Å². The lowest BCUT2D eigenvalue weighted by Crippen LogP contribution is -2.30. The van der Waals surface area contributed by atoms with Gasteiger partial charge in [0.15, 0.2) is 0 Å². The number of anilines is 1. The average Bonchev–Trinajstić information content (AvgIpc) is 2.44. The van der Waals surface area contributed by atoms with Gasteiger partial charge in [0.05, 0.1) is 31.5 Å². The normalized spacial score (nSPS) is 10.2. The number of nitrogens with one attached hydrogen (secondary N) is 2. The number of hydrogen-bond donors (Lipinski definition) is 2. The summed E-state index contributed by atoms with van der Waals surface area (Å²) in [6, 6.07) is 3.48. The van der Waals surface area contributed by atoms with E-state index in [4.69, 9.17) is 4.74 Å². The first-order valence-electron chi connectivity index (χ1n) is 5.96. The Balaban J connectivity index is 2.67. The molecule has 0 spiro atoms. The van der Waals surface area contributed by atoms with Crippen LogP contribution in [0, 0.1) is 5.82 Å². The van der Waals surface area contributed by atoms with Crippen LogP contribution in [-0.4, -0.2) is 45.8 Å². The number of benzene rings is 1. The Labute approximate surface area is 116 Å².